The fourth-order valence-corrected chi connectivity index (χ4v) is 2.79. The number of ether oxygens (including phenoxy) is 1. The predicted octanol–water partition coefficient (Wildman–Crippen LogP) is 0.777. The summed E-state index contributed by atoms with van der Waals surface area (Å²) in [7, 11) is -0.854. The van der Waals surface area contributed by atoms with Gasteiger partial charge in [-0.3, -0.25) is 9.52 Å². The summed E-state index contributed by atoms with van der Waals surface area (Å²) in [6.07, 6.45) is 1.40. The van der Waals surface area contributed by atoms with Crippen LogP contribution in [0.15, 0.2) is 46.2 Å². The highest BCUT2D eigenvalue weighted by molar-refractivity contribution is 7.92. The predicted molar refractivity (Wildman–Crippen MR) is 79.9 cm³/mol. The van der Waals surface area contributed by atoms with Gasteiger partial charge in [-0.05, 0) is 18.2 Å². The third kappa shape index (κ3) is 3.16. The molecular weight excluding hydrogens is 294 g/mol. The molecule has 0 aliphatic heterocycles. The molecule has 3 N–H and O–H groups in total. The number of aromatic nitrogens is 1. The van der Waals surface area contributed by atoms with Gasteiger partial charge in [0.1, 0.15) is 5.75 Å². The molecule has 0 unspecified atom stereocenters. The van der Waals surface area contributed by atoms with E-state index in [2.05, 4.69) is 4.72 Å². The van der Waals surface area contributed by atoms with Gasteiger partial charge in [-0.2, -0.15) is 0 Å². The monoisotopic (exact) mass is 309 g/mol. The highest BCUT2D eigenvalue weighted by Crippen LogP contribution is 2.25. The smallest absolute Gasteiger partial charge is 0.262 e. The van der Waals surface area contributed by atoms with Gasteiger partial charge in [0.2, 0.25) is 5.56 Å². The molecule has 0 aliphatic carbocycles. The lowest BCUT2D eigenvalue weighted by Crippen LogP contribution is -2.18. The molecule has 0 aliphatic rings. The molecule has 1 aromatic carbocycles. The normalized spacial score (nSPS) is 11.1. The van der Waals surface area contributed by atoms with Gasteiger partial charge in [-0.15, -0.1) is 0 Å². The third-order valence-corrected chi connectivity index (χ3v) is 4.23. The van der Waals surface area contributed by atoms with Gasteiger partial charge >= 0.3 is 0 Å². The summed E-state index contributed by atoms with van der Waals surface area (Å²) in [5.41, 5.74) is 6.06. The maximum atomic E-state index is 12.3. The first-order valence-corrected chi connectivity index (χ1v) is 7.45. The maximum Gasteiger partial charge on any atom is 0.262 e. The molecule has 0 radical (unpaired) electrons. The van der Waals surface area contributed by atoms with E-state index in [1.54, 1.807) is 0 Å². The van der Waals surface area contributed by atoms with Crippen LogP contribution in [0.5, 0.6) is 5.75 Å². The Kier molecular flexibility index (Phi) is 3.90. The van der Waals surface area contributed by atoms with Crippen molar-refractivity contribution in [1.29, 1.82) is 0 Å². The Labute approximate surface area is 122 Å². The number of rotatable bonds is 4. The summed E-state index contributed by atoms with van der Waals surface area (Å²) >= 11 is 0. The van der Waals surface area contributed by atoms with Crippen LogP contribution in [-0.2, 0) is 17.1 Å². The first-order chi connectivity index (χ1) is 9.83. The van der Waals surface area contributed by atoms with Crippen LogP contribution in [-0.4, -0.2) is 20.1 Å². The molecule has 0 fully saturated rings. The molecule has 0 atom stereocenters. The molecule has 1 aromatic heterocycles. The number of benzene rings is 1. The second-order valence-corrected chi connectivity index (χ2v) is 6.06. The van der Waals surface area contributed by atoms with Gasteiger partial charge in [0.05, 0.1) is 23.4 Å². The Morgan fingerprint density at radius 3 is 2.57 bits per heavy atom. The standard InChI is InChI=1S/C13H15N3O4S/c1-16-8-9(3-6-13(16)17)15-21(18,19)10-4-5-11(14)12(7-10)20-2/h3-8,15H,14H2,1-2H3. The van der Waals surface area contributed by atoms with E-state index in [-0.39, 0.29) is 21.9 Å². The summed E-state index contributed by atoms with van der Waals surface area (Å²) in [6, 6.07) is 6.84. The van der Waals surface area contributed by atoms with Crippen LogP contribution in [0.3, 0.4) is 0 Å². The molecule has 112 valence electrons. The van der Waals surface area contributed by atoms with Crippen molar-refractivity contribution in [2.75, 3.05) is 17.6 Å². The summed E-state index contributed by atoms with van der Waals surface area (Å²) in [5, 5.41) is 0. The van der Waals surface area contributed by atoms with Gasteiger partial charge in [-0.25, -0.2) is 8.42 Å². The van der Waals surface area contributed by atoms with Crippen LogP contribution in [0.25, 0.3) is 0 Å². The van der Waals surface area contributed by atoms with Crippen LogP contribution in [0.2, 0.25) is 0 Å². The van der Waals surface area contributed by atoms with E-state index in [1.807, 2.05) is 0 Å². The lowest BCUT2D eigenvalue weighted by Gasteiger charge is -2.11. The summed E-state index contributed by atoms with van der Waals surface area (Å²) in [5.74, 6) is 0.276. The molecule has 0 amide bonds. The molecule has 2 aromatic rings. The van der Waals surface area contributed by atoms with Crippen LogP contribution in [0.4, 0.5) is 11.4 Å². The van der Waals surface area contributed by atoms with Crippen LogP contribution < -0.4 is 20.8 Å². The van der Waals surface area contributed by atoms with Gasteiger partial charge in [0.25, 0.3) is 10.0 Å². The van der Waals surface area contributed by atoms with E-state index < -0.39 is 10.0 Å². The summed E-state index contributed by atoms with van der Waals surface area (Å²) in [6.45, 7) is 0. The SMILES string of the molecule is COc1cc(S(=O)(=O)Nc2ccc(=O)n(C)c2)ccc1N. The van der Waals surface area contributed by atoms with Crippen molar-refractivity contribution in [2.24, 2.45) is 7.05 Å². The minimum Gasteiger partial charge on any atom is -0.495 e. The van der Waals surface area contributed by atoms with E-state index in [1.165, 1.54) is 55.3 Å². The van der Waals surface area contributed by atoms with Gasteiger partial charge in [0, 0.05) is 25.4 Å². The van der Waals surface area contributed by atoms with Crippen molar-refractivity contribution in [2.45, 2.75) is 4.90 Å². The number of pyridine rings is 1. The maximum absolute atomic E-state index is 12.3. The zero-order chi connectivity index (χ0) is 15.6. The Balaban J connectivity index is 2.38. The molecule has 0 bridgehead atoms. The molecule has 0 saturated heterocycles. The van der Waals surface area contributed by atoms with Crippen LogP contribution in [0.1, 0.15) is 0 Å². The average molecular weight is 309 g/mol. The molecular formula is C13H15N3O4S. The third-order valence-electron chi connectivity index (χ3n) is 2.85. The number of aryl methyl sites for hydroxylation is 1. The van der Waals surface area contributed by atoms with Crippen molar-refractivity contribution in [3.8, 4) is 5.75 Å². The Morgan fingerprint density at radius 2 is 1.95 bits per heavy atom. The summed E-state index contributed by atoms with van der Waals surface area (Å²) in [4.78, 5) is 11.3. The van der Waals surface area contributed by atoms with Crippen molar-refractivity contribution >= 4 is 21.4 Å². The number of methoxy groups -OCH3 is 1. The summed E-state index contributed by atoms with van der Waals surface area (Å²) < 4.78 is 33.2. The highest BCUT2D eigenvalue weighted by Gasteiger charge is 2.16. The molecule has 0 saturated carbocycles. The van der Waals surface area contributed by atoms with Crippen molar-refractivity contribution < 1.29 is 13.2 Å². The Hall–Kier alpha value is -2.48. The van der Waals surface area contributed by atoms with Crippen LogP contribution in [0, 0.1) is 0 Å². The minimum atomic E-state index is -3.79. The molecule has 21 heavy (non-hydrogen) atoms. The molecule has 1 heterocycles. The van der Waals surface area contributed by atoms with E-state index in [9.17, 15) is 13.2 Å². The second-order valence-electron chi connectivity index (χ2n) is 4.38. The Bertz CT molecular complexity index is 828. The van der Waals surface area contributed by atoms with Gasteiger partial charge in [-0.1, -0.05) is 0 Å². The number of sulfonamides is 1. The quantitative estimate of drug-likeness (QED) is 0.812. The molecule has 0 spiro atoms. The highest BCUT2D eigenvalue weighted by atomic mass is 32.2. The number of nitrogens with zero attached hydrogens (tertiary/aromatic N) is 1. The van der Waals surface area contributed by atoms with Gasteiger partial charge in [0.15, 0.2) is 0 Å². The van der Waals surface area contributed by atoms with Crippen molar-refractivity contribution in [1.82, 2.24) is 4.57 Å². The first-order valence-electron chi connectivity index (χ1n) is 5.96. The topological polar surface area (TPSA) is 103 Å². The molecule has 8 heteroatoms. The number of hydrogen-bond acceptors (Lipinski definition) is 5. The van der Waals surface area contributed by atoms with Crippen molar-refractivity contribution in [3.05, 3.63) is 46.9 Å². The molecule has 7 nitrogen and oxygen atoms in total. The lowest BCUT2D eigenvalue weighted by molar-refractivity contribution is 0.415. The zero-order valence-corrected chi connectivity index (χ0v) is 12.3. The lowest BCUT2D eigenvalue weighted by atomic mass is 10.3. The van der Waals surface area contributed by atoms with E-state index in [0.29, 0.717) is 5.69 Å². The second kappa shape index (κ2) is 5.49. The first kappa shape index (κ1) is 14.9. The van der Waals surface area contributed by atoms with Gasteiger partial charge < -0.3 is 15.0 Å². The van der Waals surface area contributed by atoms with Crippen molar-refractivity contribution in [3.63, 3.8) is 0 Å². The van der Waals surface area contributed by atoms with E-state index >= 15 is 0 Å². The van der Waals surface area contributed by atoms with Crippen LogP contribution >= 0.6 is 0 Å². The van der Waals surface area contributed by atoms with E-state index in [0.717, 1.165) is 0 Å². The largest absolute Gasteiger partial charge is 0.495 e. The minimum absolute atomic E-state index is 0.0161. The number of nitrogens with two attached hydrogens (primary N) is 1. The number of hydrogen-bond donors (Lipinski definition) is 2. The number of nitrogen functional groups attached to an aromatic ring is 1. The zero-order valence-electron chi connectivity index (χ0n) is 11.5. The van der Waals surface area contributed by atoms with E-state index in [4.69, 9.17) is 10.5 Å². The average Bonchev–Trinajstić information content (AvgIpc) is 2.43. The number of anilines is 2. The Morgan fingerprint density at radius 1 is 1.24 bits per heavy atom. The molecule has 2 rings (SSSR count). The fraction of sp³-hybridized carbons (Fsp3) is 0.154. The fourth-order valence-electron chi connectivity index (χ4n) is 1.73. The number of nitrogens with one attached hydrogen (secondary N) is 1.